The number of amides is 2. The summed E-state index contributed by atoms with van der Waals surface area (Å²) in [7, 11) is 0. The summed E-state index contributed by atoms with van der Waals surface area (Å²) in [5.74, 6) is -0.513. The van der Waals surface area contributed by atoms with Crippen LogP contribution >= 0.6 is 0 Å². The molecule has 60 heavy (non-hydrogen) atoms. The Hall–Kier alpha value is -5.12. The van der Waals surface area contributed by atoms with E-state index in [4.69, 9.17) is 29.4 Å². The number of nitrogens with one attached hydrogen (secondary N) is 3. The molecule has 1 heterocycles. The summed E-state index contributed by atoms with van der Waals surface area (Å²) in [4.78, 5) is 42.6. The second-order valence-electron chi connectivity index (χ2n) is 15.0. The number of carboxylic acids is 1. The quantitative estimate of drug-likeness (QED) is 0.0398. The molecule has 14 heteroatoms. The minimum absolute atomic E-state index is 0.138. The molecule has 3 atom stereocenters. The van der Waals surface area contributed by atoms with Gasteiger partial charge < -0.3 is 50.5 Å². The molecule has 0 saturated heterocycles. The monoisotopic (exact) mass is 829 g/mol. The molecular formula is C46H63N5O9. The number of aromatic nitrogens is 1. The zero-order valence-corrected chi connectivity index (χ0v) is 35.5. The van der Waals surface area contributed by atoms with Crippen LogP contribution in [-0.2, 0) is 33.3 Å². The van der Waals surface area contributed by atoms with Gasteiger partial charge in [-0.05, 0) is 78.4 Å². The van der Waals surface area contributed by atoms with E-state index < -0.39 is 24.0 Å². The van der Waals surface area contributed by atoms with Crippen molar-refractivity contribution in [1.29, 1.82) is 0 Å². The van der Waals surface area contributed by atoms with Gasteiger partial charge in [0.05, 0.1) is 58.7 Å². The van der Waals surface area contributed by atoms with Gasteiger partial charge in [-0.25, -0.2) is 4.98 Å². The van der Waals surface area contributed by atoms with Crippen molar-refractivity contribution in [3.63, 3.8) is 0 Å². The highest BCUT2D eigenvalue weighted by molar-refractivity contribution is 6.00. The third-order valence-electron chi connectivity index (χ3n) is 9.59. The van der Waals surface area contributed by atoms with Crippen molar-refractivity contribution < 1.29 is 43.2 Å². The van der Waals surface area contributed by atoms with E-state index in [-0.39, 0.29) is 30.7 Å². The number of carbonyl (C=O) groups excluding carboxylic acids is 2. The number of nitrogens with zero attached hydrogens (tertiary/aromatic N) is 1. The first-order valence-electron chi connectivity index (χ1n) is 20.8. The minimum atomic E-state index is -1.06. The van der Waals surface area contributed by atoms with Crippen LogP contribution < -0.4 is 26.4 Å². The summed E-state index contributed by atoms with van der Waals surface area (Å²) in [5, 5.41) is 20.7. The van der Waals surface area contributed by atoms with Gasteiger partial charge in [-0.1, -0.05) is 68.4 Å². The van der Waals surface area contributed by atoms with Crippen LogP contribution in [0, 0.1) is 12.8 Å². The van der Waals surface area contributed by atoms with E-state index in [2.05, 4.69) is 20.9 Å². The molecular weight excluding hydrogens is 767 g/mol. The Labute approximate surface area is 353 Å². The van der Waals surface area contributed by atoms with E-state index in [1.54, 1.807) is 6.20 Å². The molecule has 4 rings (SSSR count). The Kier molecular flexibility index (Phi) is 20.7. The van der Waals surface area contributed by atoms with Crippen molar-refractivity contribution in [1.82, 2.24) is 15.6 Å². The first kappa shape index (κ1) is 47.6. The number of carboxylic acid groups (broad SMARTS) is 1. The van der Waals surface area contributed by atoms with E-state index in [0.29, 0.717) is 78.0 Å². The van der Waals surface area contributed by atoms with Crippen LogP contribution in [0.25, 0.3) is 21.9 Å². The van der Waals surface area contributed by atoms with Crippen LogP contribution in [0.3, 0.4) is 0 Å². The van der Waals surface area contributed by atoms with Gasteiger partial charge in [-0.3, -0.25) is 14.4 Å². The molecule has 4 aromatic rings. The first-order valence-corrected chi connectivity index (χ1v) is 20.8. The van der Waals surface area contributed by atoms with Crippen molar-refractivity contribution in [3.05, 3.63) is 90.1 Å². The van der Waals surface area contributed by atoms with E-state index in [0.717, 1.165) is 45.5 Å². The Balaban J connectivity index is 1.25. The third-order valence-corrected chi connectivity index (χ3v) is 9.59. The average Bonchev–Trinajstić information content (AvgIpc) is 3.22. The summed E-state index contributed by atoms with van der Waals surface area (Å²) in [6.07, 6.45) is 2.99. The van der Waals surface area contributed by atoms with Crippen molar-refractivity contribution in [2.45, 2.75) is 71.5 Å². The Bertz CT molecular complexity index is 1910. The molecule has 0 saturated carbocycles. The van der Waals surface area contributed by atoms with Gasteiger partial charge in [0, 0.05) is 37.2 Å². The topological polar surface area (TPSA) is 193 Å². The highest BCUT2D eigenvalue weighted by atomic mass is 16.6. The maximum absolute atomic E-state index is 13.6. The summed E-state index contributed by atoms with van der Waals surface area (Å²) in [5.41, 5.74) is 9.31. The summed E-state index contributed by atoms with van der Waals surface area (Å²) >= 11 is 0. The average molecular weight is 830 g/mol. The van der Waals surface area contributed by atoms with E-state index in [9.17, 15) is 19.5 Å². The highest BCUT2D eigenvalue weighted by Crippen LogP contribution is 2.35. The van der Waals surface area contributed by atoms with Crippen LogP contribution in [0.15, 0.2) is 79.0 Å². The summed E-state index contributed by atoms with van der Waals surface area (Å²) in [6, 6.07) is 21.7. The number of hydrogen-bond donors (Lipinski definition) is 5. The van der Waals surface area contributed by atoms with Gasteiger partial charge in [-0.2, -0.15) is 0 Å². The molecule has 0 fully saturated rings. The zero-order chi connectivity index (χ0) is 43.1. The van der Waals surface area contributed by atoms with Crippen LogP contribution in [0.2, 0.25) is 0 Å². The molecule has 14 nitrogen and oxygen atoms in total. The number of benzene rings is 3. The SMILES string of the molecule is Cc1ccnc(NCCCC(=O)N[C@H](C(=O)N[C@@H](CC(=O)O)c2ccc(-c3ccc(OCCOCCOCCOCCOCC[C@H](C)N)c4ccccc34)cc2)C(C)C)c1. The number of aryl methyl sites for hydroxylation is 1. The smallest absolute Gasteiger partial charge is 0.305 e. The molecule has 326 valence electrons. The Morgan fingerprint density at radius 3 is 2.02 bits per heavy atom. The summed E-state index contributed by atoms with van der Waals surface area (Å²) in [6.45, 7) is 12.5. The number of rotatable bonds is 29. The lowest BCUT2D eigenvalue weighted by Gasteiger charge is -2.25. The highest BCUT2D eigenvalue weighted by Gasteiger charge is 2.28. The second kappa shape index (κ2) is 26.2. The van der Waals surface area contributed by atoms with Gasteiger partial charge in [0.1, 0.15) is 24.2 Å². The second-order valence-corrected chi connectivity index (χ2v) is 15.0. The molecule has 0 unspecified atom stereocenters. The number of nitrogens with two attached hydrogens (primary N) is 1. The van der Waals surface area contributed by atoms with Gasteiger partial charge >= 0.3 is 5.97 Å². The molecule has 0 bridgehead atoms. The fraction of sp³-hybridized carbons (Fsp3) is 0.478. The van der Waals surface area contributed by atoms with Crippen molar-refractivity contribution in [2.24, 2.45) is 11.7 Å². The van der Waals surface area contributed by atoms with Crippen LogP contribution in [0.5, 0.6) is 5.75 Å². The number of anilines is 1. The fourth-order valence-corrected chi connectivity index (χ4v) is 6.35. The van der Waals surface area contributed by atoms with Crippen molar-refractivity contribution in [3.8, 4) is 16.9 Å². The fourth-order valence-electron chi connectivity index (χ4n) is 6.35. The number of ether oxygens (including phenoxy) is 5. The van der Waals surface area contributed by atoms with E-state index >= 15 is 0 Å². The zero-order valence-electron chi connectivity index (χ0n) is 35.5. The molecule has 3 aromatic carbocycles. The van der Waals surface area contributed by atoms with Crippen molar-refractivity contribution in [2.75, 3.05) is 71.3 Å². The van der Waals surface area contributed by atoms with E-state index in [1.165, 1.54) is 0 Å². The van der Waals surface area contributed by atoms with Gasteiger partial charge in [-0.15, -0.1) is 0 Å². The molecule has 0 spiro atoms. The number of carbonyl (C=O) groups is 3. The van der Waals surface area contributed by atoms with Gasteiger partial charge in [0.25, 0.3) is 0 Å². The van der Waals surface area contributed by atoms with Crippen LogP contribution in [-0.4, -0.2) is 106 Å². The lowest BCUT2D eigenvalue weighted by molar-refractivity contribution is -0.138. The van der Waals surface area contributed by atoms with Crippen molar-refractivity contribution >= 4 is 34.4 Å². The molecule has 1 aromatic heterocycles. The largest absolute Gasteiger partial charge is 0.491 e. The summed E-state index contributed by atoms with van der Waals surface area (Å²) < 4.78 is 28.4. The predicted octanol–water partition coefficient (Wildman–Crippen LogP) is 6.06. The van der Waals surface area contributed by atoms with Crippen LogP contribution in [0.4, 0.5) is 5.82 Å². The molecule has 0 aliphatic heterocycles. The number of hydrogen-bond acceptors (Lipinski definition) is 11. The van der Waals surface area contributed by atoms with Gasteiger partial charge in [0.15, 0.2) is 0 Å². The molecule has 0 aliphatic carbocycles. The predicted molar refractivity (Wildman–Crippen MR) is 233 cm³/mol. The molecule has 2 amide bonds. The minimum Gasteiger partial charge on any atom is -0.491 e. The standard InChI is InChI=1S/C46H63N5O9/c1-32(2)45(51-43(52)10-7-19-48-42-30-33(3)17-20-49-42)46(55)50-40(31-44(53)54)36-13-11-35(12-14-36)37-15-16-41(39-9-6-5-8-38(37)39)60-29-28-59-27-26-58-25-24-57-23-22-56-21-18-34(4)47/h5-6,8-9,11-17,20,30,32,34,40,45H,7,10,18-19,21-29,31,47H2,1-4H3,(H,48,49)(H,50,55)(H,51,52)(H,53,54)/t34-,40-,45-/m0/s1. The maximum atomic E-state index is 13.6. The maximum Gasteiger partial charge on any atom is 0.305 e. The molecule has 6 N–H and O–H groups in total. The van der Waals surface area contributed by atoms with E-state index in [1.807, 2.05) is 100 Å². The van der Waals surface area contributed by atoms with Gasteiger partial charge in [0.2, 0.25) is 11.8 Å². The number of pyridine rings is 1. The lowest BCUT2D eigenvalue weighted by Crippen LogP contribution is -2.50. The normalized spacial score (nSPS) is 12.8. The molecule has 0 radical (unpaired) electrons. The Morgan fingerprint density at radius 1 is 0.767 bits per heavy atom. The number of fused-ring (bicyclic) bond motifs is 1. The molecule has 0 aliphatic rings. The first-order chi connectivity index (χ1) is 29.0. The third kappa shape index (κ3) is 16.9. The van der Waals surface area contributed by atoms with Crippen LogP contribution in [0.1, 0.15) is 63.6 Å². The lowest BCUT2D eigenvalue weighted by atomic mass is 9.95. The Morgan fingerprint density at radius 2 is 1.40 bits per heavy atom. The number of aliphatic carboxylic acids is 1.